The van der Waals surface area contributed by atoms with Gasteiger partial charge in [0.05, 0.1) is 12.4 Å². The van der Waals surface area contributed by atoms with Crippen LogP contribution in [0.1, 0.15) is 25.4 Å². The third kappa shape index (κ3) is 3.22. The number of piperidine rings is 1. The Bertz CT molecular complexity index is 979. The van der Waals surface area contributed by atoms with Gasteiger partial charge in [0.25, 0.3) is 0 Å². The third-order valence-electron chi connectivity index (χ3n) is 5.61. The Kier molecular flexibility index (Phi) is 4.44. The van der Waals surface area contributed by atoms with Gasteiger partial charge < -0.3 is 10.6 Å². The average molecular weight is 375 g/mol. The highest BCUT2D eigenvalue weighted by Crippen LogP contribution is 2.38. The number of aryl methyl sites for hydroxylation is 1. The van der Waals surface area contributed by atoms with Gasteiger partial charge in [-0.2, -0.15) is 10.2 Å². The first-order chi connectivity index (χ1) is 13.8. The van der Waals surface area contributed by atoms with Gasteiger partial charge in [-0.05, 0) is 31.5 Å². The molecule has 2 N–H and O–H groups in total. The predicted molar refractivity (Wildman–Crippen MR) is 111 cm³/mol. The van der Waals surface area contributed by atoms with Crippen LogP contribution in [0, 0.1) is 5.92 Å². The molecule has 2 atom stereocenters. The lowest BCUT2D eigenvalue weighted by molar-refractivity contribution is 0.435. The summed E-state index contributed by atoms with van der Waals surface area (Å²) in [6.07, 6.45) is 9.12. The lowest BCUT2D eigenvalue weighted by Gasteiger charge is -2.31. The summed E-state index contributed by atoms with van der Waals surface area (Å²) < 4.78 is 3.84. The fourth-order valence-corrected chi connectivity index (χ4v) is 4.16. The van der Waals surface area contributed by atoms with Gasteiger partial charge in [0.1, 0.15) is 6.17 Å². The van der Waals surface area contributed by atoms with Crippen molar-refractivity contribution in [3.63, 3.8) is 0 Å². The first kappa shape index (κ1) is 17.2. The predicted octanol–water partition coefficient (Wildman–Crippen LogP) is 3.37. The van der Waals surface area contributed by atoms with Crippen LogP contribution in [0.4, 0.5) is 11.5 Å². The fourth-order valence-electron chi connectivity index (χ4n) is 4.16. The summed E-state index contributed by atoms with van der Waals surface area (Å²) in [6, 6.07) is 10.3. The van der Waals surface area contributed by atoms with Crippen molar-refractivity contribution in [1.29, 1.82) is 0 Å². The van der Waals surface area contributed by atoms with Crippen LogP contribution in [0.3, 0.4) is 0 Å². The van der Waals surface area contributed by atoms with E-state index in [9.17, 15) is 0 Å². The van der Waals surface area contributed by atoms with Crippen molar-refractivity contribution in [1.82, 2.24) is 24.9 Å². The van der Waals surface area contributed by atoms with Crippen LogP contribution < -0.4 is 10.6 Å². The molecule has 0 bridgehead atoms. The summed E-state index contributed by atoms with van der Waals surface area (Å²) in [5.41, 5.74) is 4.45. The molecule has 0 saturated carbocycles. The van der Waals surface area contributed by atoms with Gasteiger partial charge in [0.2, 0.25) is 0 Å². The van der Waals surface area contributed by atoms with E-state index in [4.69, 9.17) is 10.1 Å². The minimum atomic E-state index is 0.0530. The Labute approximate surface area is 164 Å². The van der Waals surface area contributed by atoms with E-state index >= 15 is 0 Å². The summed E-state index contributed by atoms with van der Waals surface area (Å²) in [7, 11) is 1.93. The Morgan fingerprint density at radius 1 is 1.14 bits per heavy atom. The minimum Gasteiger partial charge on any atom is -0.363 e. The summed E-state index contributed by atoms with van der Waals surface area (Å²) in [4.78, 5) is 5.11. The van der Waals surface area contributed by atoms with Crippen LogP contribution in [0.25, 0.3) is 11.1 Å². The number of nitrogens with zero attached hydrogens (tertiary/aromatic N) is 5. The van der Waals surface area contributed by atoms with Crippen molar-refractivity contribution in [3.8, 4) is 11.1 Å². The Balaban J connectivity index is 1.54. The van der Waals surface area contributed by atoms with E-state index in [2.05, 4.69) is 40.0 Å². The van der Waals surface area contributed by atoms with E-state index < -0.39 is 0 Å². The summed E-state index contributed by atoms with van der Waals surface area (Å²) in [5.74, 6) is 1.41. The molecular formula is C21H25N7. The highest BCUT2D eigenvalue weighted by Gasteiger charge is 2.30. The summed E-state index contributed by atoms with van der Waals surface area (Å²) in [6.45, 7) is 2.11. The van der Waals surface area contributed by atoms with Gasteiger partial charge >= 0.3 is 0 Å². The molecule has 0 aliphatic carbocycles. The lowest BCUT2D eigenvalue weighted by Crippen LogP contribution is -2.37. The van der Waals surface area contributed by atoms with E-state index in [0.29, 0.717) is 5.92 Å². The first-order valence-corrected chi connectivity index (χ1v) is 9.94. The molecule has 2 aliphatic heterocycles. The number of rotatable bonds is 4. The molecule has 7 nitrogen and oxygen atoms in total. The normalized spacial score (nSPS) is 21.8. The molecule has 7 heteroatoms. The number of para-hydroxylation sites is 1. The van der Waals surface area contributed by atoms with Crippen LogP contribution >= 0.6 is 0 Å². The van der Waals surface area contributed by atoms with E-state index in [-0.39, 0.29) is 6.17 Å². The molecule has 0 radical (unpaired) electrons. The topological polar surface area (TPSA) is 72.1 Å². The zero-order valence-corrected chi connectivity index (χ0v) is 16.0. The molecule has 144 valence electrons. The zero-order valence-electron chi connectivity index (χ0n) is 16.0. The van der Waals surface area contributed by atoms with Gasteiger partial charge in [0, 0.05) is 54.7 Å². The van der Waals surface area contributed by atoms with Crippen LogP contribution in [-0.2, 0) is 7.05 Å². The molecule has 2 aromatic heterocycles. The molecule has 4 heterocycles. The van der Waals surface area contributed by atoms with Crippen molar-refractivity contribution in [2.45, 2.75) is 25.4 Å². The number of hydrogen-bond donors (Lipinski definition) is 2. The number of aromatic nitrogens is 4. The molecular weight excluding hydrogens is 350 g/mol. The van der Waals surface area contributed by atoms with Crippen molar-refractivity contribution in [2.24, 2.45) is 18.0 Å². The second-order valence-corrected chi connectivity index (χ2v) is 7.61. The average Bonchev–Trinajstić information content (AvgIpc) is 3.35. The molecule has 0 amide bonds. The molecule has 1 fully saturated rings. The second kappa shape index (κ2) is 7.24. The number of hydrogen-bond acceptors (Lipinski definition) is 5. The maximum absolute atomic E-state index is 5.11. The number of benzene rings is 1. The van der Waals surface area contributed by atoms with E-state index in [1.165, 1.54) is 18.6 Å². The molecule has 5 rings (SSSR count). The number of nitrogens with one attached hydrogen (secondary N) is 2. The Morgan fingerprint density at radius 2 is 2.04 bits per heavy atom. The molecule has 0 spiro atoms. The van der Waals surface area contributed by atoms with E-state index in [0.717, 1.165) is 42.1 Å². The van der Waals surface area contributed by atoms with Crippen LogP contribution in [-0.4, -0.2) is 38.4 Å². The van der Waals surface area contributed by atoms with Gasteiger partial charge in [-0.3, -0.25) is 4.68 Å². The third-order valence-corrected chi connectivity index (χ3v) is 5.61. The monoisotopic (exact) mass is 375 g/mol. The standard InChI is InChI=1S/C21H25N7/c1-27-14-16(12-23-27)18-13-24-28-20(25-17-7-3-2-4-8-17)10-19(26-21(18)28)15-6-5-9-22-11-15/h2-4,7-8,12-15,20,22,25H,5-6,9-11H2,1H3. The van der Waals surface area contributed by atoms with Crippen molar-refractivity contribution in [2.75, 3.05) is 18.4 Å². The first-order valence-electron chi connectivity index (χ1n) is 9.94. The molecule has 28 heavy (non-hydrogen) atoms. The number of fused-ring (bicyclic) bond motifs is 1. The quantitative estimate of drug-likeness (QED) is 0.733. The van der Waals surface area contributed by atoms with Crippen molar-refractivity contribution < 1.29 is 0 Å². The van der Waals surface area contributed by atoms with E-state index in [1.54, 1.807) is 0 Å². The lowest BCUT2D eigenvalue weighted by atomic mass is 9.91. The van der Waals surface area contributed by atoms with Crippen LogP contribution in [0.2, 0.25) is 0 Å². The van der Waals surface area contributed by atoms with E-state index in [1.807, 2.05) is 41.1 Å². The molecule has 1 aromatic carbocycles. The van der Waals surface area contributed by atoms with Gasteiger partial charge in [-0.15, -0.1) is 0 Å². The largest absolute Gasteiger partial charge is 0.363 e. The van der Waals surface area contributed by atoms with Gasteiger partial charge in [-0.25, -0.2) is 9.67 Å². The van der Waals surface area contributed by atoms with Crippen LogP contribution in [0.15, 0.2) is 53.9 Å². The Morgan fingerprint density at radius 3 is 2.79 bits per heavy atom. The summed E-state index contributed by atoms with van der Waals surface area (Å²) in [5, 5.41) is 16.2. The number of anilines is 1. The molecule has 2 aliphatic rings. The highest BCUT2D eigenvalue weighted by atomic mass is 15.4. The maximum atomic E-state index is 5.11. The molecule has 3 aromatic rings. The SMILES string of the molecule is Cn1cc(-c2cnn3c2N=C(C2CCCNC2)CC3Nc2ccccc2)cn1. The van der Waals surface area contributed by atoms with Crippen molar-refractivity contribution >= 4 is 17.2 Å². The van der Waals surface area contributed by atoms with Gasteiger partial charge in [-0.1, -0.05) is 18.2 Å². The highest BCUT2D eigenvalue weighted by molar-refractivity contribution is 5.92. The minimum absolute atomic E-state index is 0.0530. The Hall–Kier alpha value is -2.93. The van der Waals surface area contributed by atoms with Crippen molar-refractivity contribution in [3.05, 3.63) is 48.9 Å². The number of aliphatic imine (C=N–C) groups is 1. The molecule has 1 saturated heterocycles. The van der Waals surface area contributed by atoms with Gasteiger partial charge in [0.15, 0.2) is 5.82 Å². The fraction of sp³-hybridized carbons (Fsp3) is 0.381. The second-order valence-electron chi connectivity index (χ2n) is 7.61. The smallest absolute Gasteiger partial charge is 0.160 e. The zero-order chi connectivity index (χ0) is 18.9. The molecule has 2 unspecified atom stereocenters. The summed E-state index contributed by atoms with van der Waals surface area (Å²) >= 11 is 0. The maximum Gasteiger partial charge on any atom is 0.160 e. The van der Waals surface area contributed by atoms with Crippen LogP contribution in [0.5, 0.6) is 0 Å².